The molecule has 0 spiro atoms. The number of nitrogens with one attached hydrogen (secondary N) is 2. The summed E-state index contributed by atoms with van der Waals surface area (Å²) in [6.45, 7) is 0.500. The molecule has 0 bridgehead atoms. The highest BCUT2D eigenvalue weighted by atomic mass is 16.1. The van der Waals surface area contributed by atoms with E-state index in [4.69, 9.17) is 11.1 Å². The second kappa shape index (κ2) is 5.01. The molecular weight excluding hydrogens is 178 g/mol. The number of para-hydroxylation sites is 1. The summed E-state index contributed by atoms with van der Waals surface area (Å²) < 4.78 is 0. The summed E-state index contributed by atoms with van der Waals surface area (Å²) in [7, 11) is 0. The Morgan fingerprint density at radius 3 is 2.86 bits per heavy atom. The van der Waals surface area contributed by atoms with E-state index in [-0.39, 0.29) is 5.91 Å². The van der Waals surface area contributed by atoms with Crippen LogP contribution in [0.25, 0.3) is 0 Å². The molecule has 1 aromatic carbocycles. The van der Waals surface area contributed by atoms with Crippen molar-refractivity contribution in [2.45, 2.75) is 6.42 Å². The minimum atomic E-state index is -0.329. The molecule has 0 aromatic heterocycles. The van der Waals surface area contributed by atoms with Crippen LogP contribution < -0.4 is 11.1 Å². The maximum atomic E-state index is 10.5. The molecule has 0 aliphatic heterocycles. The van der Waals surface area contributed by atoms with Gasteiger partial charge in [-0.3, -0.25) is 4.79 Å². The molecule has 4 nitrogen and oxygen atoms in total. The first-order valence-electron chi connectivity index (χ1n) is 4.35. The lowest BCUT2D eigenvalue weighted by molar-refractivity contribution is -0.117. The monoisotopic (exact) mass is 191 g/mol. The molecule has 0 saturated heterocycles. The summed E-state index contributed by atoms with van der Waals surface area (Å²) >= 11 is 0. The fourth-order valence-corrected chi connectivity index (χ4v) is 1.10. The van der Waals surface area contributed by atoms with Crippen LogP contribution in [0.1, 0.15) is 12.0 Å². The number of carbonyl (C=O) groups excluding carboxylic acids is 1. The van der Waals surface area contributed by atoms with E-state index in [1.54, 1.807) is 0 Å². The van der Waals surface area contributed by atoms with Crippen LogP contribution >= 0.6 is 0 Å². The van der Waals surface area contributed by atoms with Gasteiger partial charge in [-0.1, -0.05) is 18.2 Å². The lowest BCUT2D eigenvalue weighted by Crippen LogP contribution is -2.16. The largest absolute Gasteiger partial charge is 0.384 e. The van der Waals surface area contributed by atoms with Crippen molar-refractivity contribution in [3.8, 4) is 0 Å². The molecule has 0 unspecified atom stereocenters. The van der Waals surface area contributed by atoms with Gasteiger partial charge in [-0.2, -0.15) is 0 Å². The van der Waals surface area contributed by atoms with Crippen LogP contribution in [0.15, 0.2) is 24.3 Å². The first-order chi connectivity index (χ1) is 6.74. The van der Waals surface area contributed by atoms with Crippen LogP contribution in [0.2, 0.25) is 0 Å². The summed E-state index contributed by atoms with van der Waals surface area (Å²) in [6.07, 6.45) is 1.57. The maximum absolute atomic E-state index is 10.5. The number of nitrogens with two attached hydrogens (primary N) is 1. The molecule has 0 aliphatic carbocycles. The van der Waals surface area contributed by atoms with Crippen molar-refractivity contribution in [1.82, 2.24) is 0 Å². The predicted octanol–water partition coefficient (Wildman–Crippen LogP) is 0.972. The van der Waals surface area contributed by atoms with Crippen molar-refractivity contribution in [3.63, 3.8) is 0 Å². The molecule has 4 N–H and O–H groups in total. The maximum Gasteiger partial charge on any atom is 0.219 e. The van der Waals surface area contributed by atoms with Crippen LogP contribution in [0, 0.1) is 5.41 Å². The third-order valence-corrected chi connectivity index (χ3v) is 1.80. The van der Waals surface area contributed by atoms with E-state index in [9.17, 15) is 4.79 Å². The Bertz CT molecular complexity index is 336. The van der Waals surface area contributed by atoms with Gasteiger partial charge in [-0.25, -0.2) is 0 Å². The Hall–Kier alpha value is -1.84. The summed E-state index contributed by atoms with van der Waals surface area (Å²) in [5, 5.41) is 10.2. The number of benzene rings is 1. The normalized spacial score (nSPS) is 9.43. The average molecular weight is 191 g/mol. The molecule has 0 fully saturated rings. The number of hydrogen-bond acceptors (Lipinski definition) is 3. The van der Waals surface area contributed by atoms with Crippen molar-refractivity contribution in [3.05, 3.63) is 29.8 Å². The van der Waals surface area contributed by atoms with Gasteiger partial charge in [0.1, 0.15) is 0 Å². The van der Waals surface area contributed by atoms with Crippen molar-refractivity contribution in [1.29, 1.82) is 5.41 Å². The highest BCUT2D eigenvalue weighted by molar-refractivity contribution is 5.85. The van der Waals surface area contributed by atoms with Gasteiger partial charge in [0.15, 0.2) is 0 Å². The molecule has 4 heteroatoms. The molecule has 1 rings (SSSR count). The summed E-state index contributed by atoms with van der Waals surface area (Å²) in [4.78, 5) is 10.5. The molecule has 0 saturated carbocycles. The molecular formula is C10H13N3O. The Labute approximate surface area is 82.6 Å². The highest BCUT2D eigenvalue weighted by Gasteiger charge is 1.98. The van der Waals surface area contributed by atoms with Gasteiger partial charge in [0, 0.05) is 30.4 Å². The Morgan fingerprint density at radius 1 is 1.50 bits per heavy atom. The molecule has 1 amide bonds. The smallest absolute Gasteiger partial charge is 0.219 e. The summed E-state index contributed by atoms with van der Waals surface area (Å²) in [5.74, 6) is -0.329. The van der Waals surface area contributed by atoms with Crippen LogP contribution in [0.3, 0.4) is 0 Å². The first-order valence-corrected chi connectivity index (χ1v) is 4.35. The lowest BCUT2D eigenvalue weighted by atomic mass is 10.2. The number of hydrogen-bond donors (Lipinski definition) is 3. The Balaban J connectivity index is 2.57. The van der Waals surface area contributed by atoms with E-state index in [2.05, 4.69) is 5.32 Å². The zero-order valence-corrected chi connectivity index (χ0v) is 7.79. The fraction of sp³-hybridized carbons (Fsp3) is 0.200. The van der Waals surface area contributed by atoms with Gasteiger partial charge in [0.2, 0.25) is 5.91 Å². The third kappa shape index (κ3) is 2.90. The van der Waals surface area contributed by atoms with Gasteiger partial charge in [0.25, 0.3) is 0 Å². The van der Waals surface area contributed by atoms with Crippen LogP contribution in [-0.2, 0) is 4.79 Å². The molecule has 0 atom stereocenters. The van der Waals surface area contributed by atoms with Crippen molar-refractivity contribution in [2.24, 2.45) is 5.73 Å². The number of anilines is 1. The van der Waals surface area contributed by atoms with Crippen molar-refractivity contribution in [2.75, 3.05) is 11.9 Å². The van der Waals surface area contributed by atoms with Crippen LogP contribution in [0.5, 0.6) is 0 Å². The minimum absolute atomic E-state index is 0.298. The van der Waals surface area contributed by atoms with Crippen LogP contribution in [0.4, 0.5) is 5.69 Å². The quantitative estimate of drug-likeness (QED) is 0.606. The van der Waals surface area contributed by atoms with Crippen molar-refractivity contribution >= 4 is 17.8 Å². The zero-order chi connectivity index (χ0) is 10.4. The first kappa shape index (κ1) is 10.2. The highest BCUT2D eigenvalue weighted by Crippen LogP contribution is 2.11. The predicted molar refractivity (Wildman–Crippen MR) is 56.6 cm³/mol. The van der Waals surface area contributed by atoms with E-state index in [0.717, 1.165) is 11.3 Å². The summed E-state index contributed by atoms with van der Waals surface area (Å²) in [5.41, 5.74) is 6.66. The molecule has 74 valence electrons. The Morgan fingerprint density at radius 2 is 2.21 bits per heavy atom. The number of primary amides is 1. The second-order valence-electron chi connectivity index (χ2n) is 2.87. The van der Waals surface area contributed by atoms with Gasteiger partial charge >= 0.3 is 0 Å². The van der Waals surface area contributed by atoms with E-state index >= 15 is 0 Å². The SMILES string of the molecule is N=Cc1ccccc1NCCC(N)=O. The van der Waals surface area contributed by atoms with Gasteiger partial charge in [0.05, 0.1) is 0 Å². The topological polar surface area (TPSA) is 79.0 Å². The molecule has 1 aromatic rings. The van der Waals surface area contributed by atoms with Crippen molar-refractivity contribution < 1.29 is 4.79 Å². The van der Waals surface area contributed by atoms with Gasteiger partial charge in [-0.05, 0) is 6.07 Å². The van der Waals surface area contributed by atoms with E-state index < -0.39 is 0 Å². The van der Waals surface area contributed by atoms with E-state index in [1.165, 1.54) is 6.21 Å². The number of carbonyl (C=O) groups is 1. The van der Waals surface area contributed by atoms with Gasteiger partial charge < -0.3 is 16.5 Å². The third-order valence-electron chi connectivity index (χ3n) is 1.80. The minimum Gasteiger partial charge on any atom is -0.384 e. The van der Waals surface area contributed by atoms with E-state index in [0.29, 0.717) is 13.0 Å². The standard InChI is InChI=1S/C10H13N3O/c11-7-8-3-1-2-4-9(8)13-6-5-10(12)14/h1-4,7,11,13H,5-6H2,(H2,12,14). The summed E-state index contributed by atoms with van der Waals surface area (Å²) in [6, 6.07) is 7.43. The number of rotatable bonds is 5. The number of amides is 1. The Kier molecular flexibility index (Phi) is 3.67. The molecule has 0 heterocycles. The zero-order valence-electron chi connectivity index (χ0n) is 7.79. The van der Waals surface area contributed by atoms with E-state index in [1.807, 2.05) is 24.3 Å². The fourth-order valence-electron chi connectivity index (χ4n) is 1.10. The second-order valence-corrected chi connectivity index (χ2v) is 2.87. The average Bonchev–Trinajstić information content (AvgIpc) is 2.18. The molecule has 14 heavy (non-hydrogen) atoms. The molecule has 0 aliphatic rings. The lowest BCUT2D eigenvalue weighted by Gasteiger charge is -2.07. The van der Waals surface area contributed by atoms with Crippen LogP contribution in [-0.4, -0.2) is 18.7 Å². The van der Waals surface area contributed by atoms with Gasteiger partial charge in [-0.15, -0.1) is 0 Å². The molecule has 0 radical (unpaired) electrons.